The minimum Gasteiger partial charge on any atom is -0.481 e. The molecular formula is C55H77N5O31. The van der Waals surface area contributed by atoms with E-state index in [-0.39, 0.29) is 0 Å². The predicted molar refractivity (Wildman–Crippen MR) is 298 cm³/mol. The molecule has 4 amide bonds. The van der Waals surface area contributed by atoms with Crippen LogP contribution >= 0.6 is 0 Å². The predicted octanol–water partition coefficient (Wildman–Crippen LogP) is -1.14. The van der Waals surface area contributed by atoms with Crippen LogP contribution in [0.5, 0.6) is 0 Å². The Balaban J connectivity index is 7.27. The highest BCUT2D eigenvalue weighted by Crippen LogP contribution is 2.24. The van der Waals surface area contributed by atoms with Crippen LogP contribution in [0.4, 0.5) is 0 Å². The van der Waals surface area contributed by atoms with Gasteiger partial charge < -0.3 is 83.2 Å². The minimum atomic E-state index is -1.99. The number of rotatable bonds is 54. The van der Waals surface area contributed by atoms with Crippen molar-refractivity contribution in [3.63, 3.8) is 0 Å². The molecule has 0 saturated carbocycles. The molecule has 17 N–H and O–H groups in total. The minimum absolute atomic E-state index is 0.393. The lowest BCUT2D eigenvalue weighted by Gasteiger charge is -2.26. The molecule has 0 fully saturated rings. The van der Waals surface area contributed by atoms with Gasteiger partial charge in [0.05, 0.1) is 36.1 Å². The maximum Gasteiger partial charge on any atom is 0.306 e. The fraction of sp³-hybridized carbons (Fsp3) is 0.636. The van der Waals surface area contributed by atoms with Crippen LogP contribution in [0.2, 0.25) is 0 Å². The largest absolute Gasteiger partial charge is 0.481 e. The monoisotopic (exact) mass is 1300 g/mol. The molecule has 0 unspecified atom stereocenters. The highest BCUT2D eigenvalue weighted by atomic mass is 16.4. The van der Waals surface area contributed by atoms with Crippen molar-refractivity contribution in [3.05, 3.63) is 0 Å². The molecule has 91 heavy (non-hydrogen) atoms. The lowest BCUT2D eigenvalue weighted by atomic mass is 9.88. The lowest BCUT2D eigenvalue weighted by molar-refractivity contribution is -0.146. The second-order valence-corrected chi connectivity index (χ2v) is 21.4. The fourth-order valence-corrected chi connectivity index (χ4v) is 8.96. The van der Waals surface area contributed by atoms with Gasteiger partial charge in [0.1, 0.15) is 5.78 Å². The van der Waals surface area contributed by atoms with E-state index in [4.69, 9.17) is 15.9 Å². The van der Waals surface area contributed by atoms with E-state index in [1.165, 1.54) is 0 Å². The fourth-order valence-electron chi connectivity index (χ4n) is 8.96. The van der Waals surface area contributed by atoms with Crippen LogP contribution in [0.3, 0.4) is 0 Å². The Morgan fingerprint density at radius 1 is 0.231 bits per heavy atom. The summed E-state index contributed by atoms with van der Waals surface area (Å²) in [7, 11) is 0. The number of carbonyl (C=O) groups excluding carboxylic acids is 9. The molecule has 36 heteroatoms. The van der Waals surface area contributed by atoms with E-state index in [0.29, 0.717) is 0 Å². The number of hydrogen-bond acceptors (Lipinski definition) is 21. The third-order valence-electron chi connectivity index (χ3n) is 14.1. The standard InChI is InChI=1S/C55H77N5O31/c56-31(6-16-46(76)77)36(61)21-26(1-11-41(66)67)51(86)57-32(7-17-47(78)79)37(62)22-27(2-12-42(68)69)52(87)58-33(8-18-48(80)81)38(63)23-28(3-13-43(70)71)53(88)59-34(9-19-49(82)83)39(64)24-29(4-14-44(72)73)54(89)60-35(10-20-50(84)85)40(65)25-30(55(90)91)5-15-45(74)75/h26-35H,1-25,56H2,(H,57,86)(H,58,87)(H,59,88)(H,60,89)(H,66,67)(H,68,69)(H,70,71)(H,72,73)(H,74,75)(H,76,77)(H,78,79)(H,80,81)(H,82,83)(H,84,85)(H,90,91)/t26-,27-,28-,29-,30-,31+,32+,33+,34+,35+/m1/s1. The summed E-state index contributed by atoms with van der Waals surface area (Å²) < 4.78 is 0. The number of aliphatic carboxylic acids is 11. The molecule has 0 radical (unpaired) electrons. The van der Waals surface area contributed by atoms with Crippen molar-refractivity contribution < 1.29 is 152 Å². The number of carboxylic acids is 11. The van der Waals surface area contributed by atoms with Crippen LogP contribution in [0.1, 0.15) is 161 Å². The van der Waals surface area contributed by atoms with Crippen molar-refractivity contribution in [1.82, 2.24) is 21.3 Å². The highest BCUT2D eigenvalue weighted by molar-refractivity contribution is 5.99. The summed E-state index contributed by atoms with van der Waals surface area (Å²) in [5.41, 5.74) is 5.78. The molecule has 0 aliphatic rings. The second-order valence-electron chi connectivity index (χ2n) is 21.4. The Hall–Kier alpha value is -9.64. The molecule has 36 nitrogen and oxygen atoms in total. The molecule has 508 valence electrons. The number of carbonyl (C=O) groups is 20. The quantitative estimate of drug-likeness (QED) is 0.0342. The molecule has 0 aromatic carbocycles. The number of carboxylic acid groups (broad SMARTS) is 11. The number of nitrogens with one attached hydrogen (secondary N) is 4. The first-order valence-corrected chi connectivity index (χ1v) is 28.3. The van der Waals surface area contributed by atoms with Crippen LogP contribution < -0.4 is 27.0 Å². The van der Waals surface area contributed by atoms with Gasteiger partial charge in [0.2, 0.25) is 23.6 Å². The van der Waals surface area contributed by atoms with Crippen molar-refractivity contribution in [2.45, 2.75) is 191 Å². The number of hydrogen-bond donors (Lipinski definition) is 16. The van der Waals surface area contributed by atoms with Gasteiger partial charge in [-0.1, -0.05) is 0 Å². The first-order valence-electron chi connectivity index (χ1n) is 28.3. The van der Waals surface area contributed by atoms with Crippen LogP contribution in [-0.4, -0.2) is 205 Å². The van der Waals surface area contributed by atoms with E-state index in [2.05, 4.69) is 21.3 Å². The zero-order chi connectivity index (χ0) is 69.8. The topological polar surface area (TPSA) is 638 Å². The number of amides is 4. The van der Waals surface area contributed by atoms with Gasteiger partial charge in [0.15, 0.2) is 23.1 Å². The van der Waals surface area contributed by atoms with Gasteiger partial charge in [0, 0.05) is 120 Å². The van der Waals surface area contributed by atoms with E-state index < -0.39 is 339 Å². The lowest BCUT2D eigenvalue weighted by Crippen LogP contribution is -2.49. The van der Waals surface area contributed by atoms with Gasteiger partial charge in [-0.25, -0.2) is 0 Å². The summed E-state index contributed by atoms with van der Waals surface area (Å²) in [6, 6.07) is -9.11. The third-order valence-corrected chi connectivity index (χ3v) is 14.1. The Bertz CT molecular complexity index is 2710. The Kier molecular flexibility index (Phi) is 37.8. The molecule has 0 saturated heterocycles. The average Bonchev–Trinajstić information content (AvgIpc) is 1.58. The molecule has 0 spiro atoms. The van der Waals surface area contributed by atoms with E-state index >= 15 is 0 Å². The van der Waals surface area contributed by atoms with E-state index in [1.807, 2.05) is 0 Å². The Morgan fingerprint density at radius 3 is 0.593 bits per heavy atom. The maximum absolute atomic E-state index is 14.2. The molecule has 0 rings (SSSR count). The Morgan fingerprint density at radius 2 is 0.396 bits per heavy atom. The van der Waals surface area contributed by atoms with Gasteiger partial charge in [-0.05, 0) is 64.2 Å². The average molecular weight is 1300 g/mol. The Labute approximate surface area is 516 Å². The number of Topliss-reactive ketones (excluding diaryl/α,β-unsaturated/α-hetero) is 5. The van der Waals surface area contributed by atoms with Crippen molar-refractivity contribution in [3.8, 4) is 0 Å². The van der Waals surface area contributed by atoms with Crippen molar-refractivity contribution in [2.75, 3.05) is 0 Å². The summed E-state index contributed by atoms with van der Waals surface area (Å²) in [4.78, 5) is 252. The van der Waals surface area contributed by atoms with Gasteiger partial charge in [0.25, 0.3) is 0 Å². The molecular weight excluding hydrogens is 1230 g/mol. The smallest absolute Gasteiger partial charge is 0.306 e. The maximum atomic E-state index is 14.2. The number of nitrogens with two attached hydrogens (primary N) is 1. The third kappa shape index (κ3) is 36.4. The summed E-state index contributed by atoms with van der Waals surface area (Å²) in [5, 5.41) is 112. The van der Waals surface area contributed by atoms with Crippen molar-refractivity contribution in [2.24, 2.45) is 35.3 Å². The van der Waals surface area contributed by atoms with Crippen molar-refractivity contribution in [1.29, 1.82) is 0 Å². The highest BCUT2D eigenvalue weighted by Gasteiger charge is 2.38. The van der Waals surface area contributed by atoms with E-state index in [9.17, 15) is 142 Å². The van der Waals surface area contributed by atoms with Gasteiger partial charge in [-0.2, -0.15) is 0 Å². The molecule has 0 aromatic rings. The first-order chi connectivity index (χ1) is 42.3. The van der Waals surface area contributed by atoms with Gasteiger partial charge in [-0.15, -0.1) is 0 Å². The first kappa shape index (κ1) is 81.4. The SMILES string of the molecule is N[C@@H](CCC(=O)O)C(=O)C[C@@H](CCC(=O)O)C(=O)N[C@@H](CCC(=O)O)C(=O)C[C@@H](CCC(=O)O)C(=O)N[C@@H](CCC(=O)O)C(=O)C[C@@H](CCC(=O)O)C(=O)N[C@@H](CCC(=O)O)C(=O)C[C@@H](CCC(=O)O)C(=O)N[C@@H](CCC(=O)O)C(=O)C[C@@H](CCC(=O)O)C(=O)O. The van der Waals surface area contributed by atoms with Crippen LogP contribution in [0, 0.1) is 29.6 Å². The summed E-state index contributed by atoms with van der Waals surface area (Å²) in [6.45, 7) is 0. The molecule has 0 bridgehead atoms. The summed E-state index contributed by atoms with van der Waals surface area (Å²) >= 11 is 0. The van der Waals surface area contributed by atoms with E-state index in [0.717, 1.165) is 0 Å². The molecule has 0 aromatic heterocycles. The normalized spacial score (nSPS) is 14.3. The summed E-state index contributed by atoms with van der Waals surface area (Å²) in [5.74, 6) is -36.4. The van der Waals surface area contributed by atoms with Gasteiger partial charge in [-0.3, -0.25) is 95.9 Å². The molecule has 0 aliphatic heterocycles. The van der Waals surface area contributed by atoms with Crippen LogP contribution in [0.15, 0.2) is 0 Å². The molecule has 10 atom stereocenters. The van der Waals surface area contributed by atoms with Gasteiger partial charge >= 0.3 is 65.7 Å². The molecule has 0 heterocycles. The van der Waals surface area contributed by atoms with Crippen LogP contribution in [0.25, 0.3) is 0 Å². The number of ketones is 5. The zero-order valence-corrected chi connectivity index (χ0v) is 49.1. The second kappa shape index (κ2) is 42.3. The van der Waals surface area contributed by atoms with Crippen molar-refractivity contribution >= 4 is 118 Å². The van der Waals surface area contributed by atoms with Crippen LogP contribution in [-0.2, 0) is 95.9 Å². The molecule has 0 aliphatic carbocycles. The zero-order valence-electron chi connectivity index (χ0n) is 49.1. The van der Waals surface area contributed by atoms with E-state index in [1.54, 1.807) is 0 Å². The summed E-state index contributed by atoms with van der Waals surface area (Å²) in [6.07, 6.45) is -20.2.